The van der Waals surface area contributed by atoms with Gasteiger partial charge in [-0.15, -0.1) is 0 Å². The van der Waals surface area contributed by atoms with Crippen LogP contribution in [-0.4, -0.2) is 37.1 Å². The summed E-state index contributed by atoms with van der Waals surface area (Å²) in [7, 11) is 0. The maximum absolute atomic E-state index is 12.6. The summed E-state index contributed by atoms with van der Waals surface area (Å²) in [5, 5.41) is 11.8. The highest BCUT2D eigenvalue weighted by molar-refractivity contribution is 5.96. The third kappa shape index (κ3) is 2.63. The van der Waals surface area contributed by atoms with E-state index in [-0.39, 0.29) is 22.9 Å². The number of pyridine rings is 1. The van der Waals surface area contributed by atoms with E-state index in [1.807, 2.05) is 24.3 Å². The molecule has 0 bridgehead atoms. The van der Waals surface area contributed by atoms with Crippen molar-refractivity contribution in [1.29, 1.82) is 0 Å². The van der Waals surface area contributed by atoms with Crippen LogP contribution in [0.15, 0.2) is 47.7 Å². The van der Waals surface area contributed by atoms with Crippen molar-refractivity contribution < 1.29 is 4.79 Å². The molecule has 1 amide bonds. The van der Waals surface area contributed by atoms with E-state index >= 15 is 0 Å². The van der Waals surface area contributed by atoms with Gasteiger partial charge in [-0.2, -0.15) is 5.10 Å². The van der Waals surface area contributed by atoms with Gasteiger partial charge in [-0.1, -0.05) is 18.2 Å². The first kappa shape index (κ1) is 17.3. The highest BCUT2D eigenvalue weighted by Crippen LogP contribution is 2.62. The molecule has 2 aliphatic carbocycles. The molecular weight excluding hydrogens is 380 g/mol. The van der Waals surface area contributed by atoms with E-state index in [0.29, 0.717) is 28.0 Å². The molecule has 0 aliphatic heterocycles. The topological polar surface area (TPSA) is 116 Å². The Kier molecular flexibility index (Phi) is 3.59. The molecule has 6 rings (SSSR count). The molecule has 8 nitrogen and oxygen atoms in total. The number of aromatic nitrogens is 5. The fraction of sp³-hybridized carbons (Fsp3) is 0.318. The third-order valence-electron chi connectivity index (χ3n) is 6.70. The molecule has 0 saturated heterocycles. The predicted molar refractivity (Wildman–Crippen MR) is 111 cm³/mol. The average molecular weight is 400 g/mol. The predicted octanol–water partition coefficient (Wildman–Crippen LogP) is 2.65. The zero-order chi connectivity index (χ0) is 20.3. The van der Waals surface area contributed by atoms with Gasteiger partial charge in [0, 0.05) is 23.5 Å². The van der Waals surface area contributed by atoms with E-state index in [1.165, 1.54) is 0 Å². The number of aromatic amines is 2. The number of benzene rings is 1. The van der Waals surface area contributed by atoms with E-state index in [2.05, 4.69) is 30.5 Å². The third-order valence-corrected chi connectivity index (χ3v) is 6.70. The maximum atomic E-state index is 12.6. The van der Waals surface area contributed by atoms with Crippen LogP contribution in [-0.2, 0) is 0 Å². The van der Waals surface area contributed by atoms with Crippen molar-refractivity contribution in [2.24, 2.45) is 5.41 Å². The number of imidazole rings is 1. The first-order valence-electron chi connectivity index (χ1n) is 10.2. The highest BCUT2D eigenvalue weighted by Gasteiger charge is 2.54. The van der Waals surface area contributed by atoms with Crippen molar-refractivity contribution in [2.75, 3.05) is 0 Å². The van der Waals surface area contributed by atoms with Gasteiger partial charge in [0.25, 0.3) is 11.5 Å². The summed E-state index contributed by atoms with van der Waals surface area (Å²) in [6, 6.07) is 9.60. The Bertz CT molecular complexity index is 1340. The van der Waals surface area contributed by atoms with Crippen LogP contribution >= 0.6 is 0 Å². The Morgan fingerprint density at radius 2 is 1.90 bits per heavy atom. The average Bonchev–Trinajstić information content (AvgIpc) is 3.17. The minimum Gasteiger partial charge on any atom is -0.349 e. The minimum absolute atomic E-state index is 0.101. The van der Waals surface area contributed by atoms with Crippen molar-refractivity contribution >= 4 is 27.8 Å². The fourth-order valence-corrected chi connectivity index (χ4v) is 5.27. The van der Waals surface area contributed by atoms with Crippen LogP contribution in [0.4, 0.5) is 0 Å². The second kappa shape index (κ2) is 6.22. The van der Waals surface area contributed by atoms with E-state index in [4.69, 9.17) is 0 Å². The molecule has 3 heterocycles. The van der Waals surface area contributed by atoms with Crippen molar-refractivity contribution in [3.63, 3.8) is 0 Å². The molecule has 2 saturated carbocycles. The zero-order valence-corrected chi connectivity index (χ0v) is 16.2. The number of amides is 1. The van der Waals surface area contributed by atoms with Gasteiger partial charge >= 0.3 is 0 Å². The molecule has 2 aliphatic rings. The number of nitrogens with one attached hydrogen (secondary N) is 3. The van der Waals surface area contributed by atoms with Gasteiger partial charge in [0.1, 0.15) is 5.52 Å². The smallest absolute Gasteiger partial charge is 0.272 e. The molecular formula is C22H20N6O2. The fourth-order valence-electron chi connectivity index (χ4n) is 5.27. The lowest BCUT2D eigenvalue weighted by Gasteiger charge is -2.57. The Balaban J connectivity index is 1.11. The molecule has 0 radical (unpaired) electrons. The van der Waals surface area contributed by atoms with Crippen LogP contribution in [0.2, 0.25) is 0 Å². The molecule has 3 N–H and O–H groups in total. The van der Waals surface area contributed by atoms with E-state index in [1.54, 1.807) is 18.6 Å². The van der Waals surface area contributed by atoms with Crippen LogP contribution in [0.3, 0.4) is 0 Å². The van der Waals surface area contributed by atoms with Crippen LogP contribution in [0.25, 0.3) is 21.9 Å². The van der Waals surface area contributed by atoms with E-state index in [9.17, 15) is 9.59 Å². The van der Waals surface area contributed by atoms with Crippen LogP contribution in [0.1, 0.15) is 47.7 Å². The molecule has 3 aromatic heterocycles. The molecule has 30 heavy (non-hydrogen) atoms. The number of hydrogen-bond acceptors (Lipinski definition) is 5. The number of carbonyl (C=O) groups is 1. The second-order valence-electron chi connectivity index (χ2n) is 8.66. The summed E-state index contributed by atoms with van der Waals surface area (Å²) in [6.45, 7) is 0. The van der Waals surface area contributed by atoms with Gasteiger partial charge < -0.3 is 10.3 Å². The molecule has 1 aromatic carbocycles. The number of nitrogens with zero attached hydrogens (tertiary/aromatic N) is 3. The summed E-state index contributed by atoms with van der Waals surface area (Å²) in [5.41, 5.74) is 3.03. The lowest BCUT2D eigenvalue weighted by atomic mass is 9.49. The molecule has 1 spiro atoms. The molecule has 0 atom stereocenters. The van der Waals surface area contributed by atoms with Gasteiger partial charge in [0.05, 0.1) is 23.0 Å². The largest absolute Gasteiger partial charge is 0.349 e. The number of H-pyrrole nitrogens is 2. The lowest BCUT2D eigenvalue weighted by Crippen LogP contribution is -2.55. The summed E-state index contributed by atoms with van der Waals surface area (Å²) < 4.78 is 0. The molecule has 0 unspecified atom stereocenters. The van der Waals surface area contributed by atoms with Crippen LogP contribution < -0.4 is 10.9 Å². The summed E-state index contributed by atoms with van der Waals surface area (Å²) >= 11 is 0. The highest BCUT2D eigenvalue weighted by atomic mass is 16.1. The van der Waals surface area contributed by atoms with Crippen LogP contribution in [0.5, 0.6) is 0 Å². The molecule has 150 valence electrons. The van der Waals surface area contributed by atoms with Gasteiger partial charge in [-0.3, -0.25) is 9.59 Å². The van der Waals surface area contributed by atoms with E-state index in [0.717, 1.165) is 36.8 Å². The summed E-state index contributed by atoms with van der Waals surface area (Å²) in [6.07, 6.45) is 7.20. The normalized spacial score (nSPS) is 25.2. The second-order valence-corrected chi connectivity index (χ2v) is 8.66. The first-order chi connectivity index (χ1) is 14.6. The Morgan fingerprint density at radius 1 is 1.10 bits per heavy atom. The summed E-state index contributed by atoms with van der Waals surface area (Å²) in [5.74, 6) is 0.256. The van der Waals surface area contributed by atoms with Crippen molar-refractivity contribution in [3.8, 4) is 0 Å². The van der Waals surface area contributed by atoms with Gasteiger partial charge in [-0.25, -0.2) is 15.1 Å². The van der Waals surface area contributed by atoms with Gasteiger partial charge in [-0.05, 0) is 43.2 Å². The Hall–Kier alpha value is -3.55. The number of carbonyl (C=O) groups excluding carboxylic acids is 1. The van der Waals surface area contributed by atoms with Crippen molar-refractivity contribution in [3.05, 3.63) is 64.5 Å². The number of hydrogen-bond donors (Lipinski definition) is 3. The van der Waals surface area contributed by atoms with Crippen LogP contribution in [0, 0.1) is 5.41 Å². The standard InChI is InChI=1S/C22H20N6O2/c29-20(12-5-17-19(23-10-12)25-11-24-17)26-14-8-22(9-14)6-13(7-22)18-15-3-1-2-4-16(15)21(30)28-27-18/h1-5,10-11,13-14H,6-9H2,(H,26,29)(H,28,30)(H,23,24,25)/t13-,14-,22?. The van der Waals surface area contributed by atoms with Crippen molar-refractivity contribution in [1.82, 2.24) is 30.5 Å². The van der Waals surface area contributed by atoms with Crippen molar-refractivity contribution in [2.45, 2.75) is 37.6 Å². The number of fused-ring (bicyclic) bond motifs is 2. The quantitative estimate of drug-likeness (QED) is 0.489. The molecule has 2 fully saturated rings. The zero-order valence-electron chi connectivity index (χ0n) is 16.2. The van der Waals surface area contributed by atoms with Gasteiger partial charge in [0.2, 0.25) is 0 Å². The van der Waals surface area contributed by atoms with Gasteiger partial charge in [0.15, 0.2) is 5.65 Å². The molecule has 8 heteroatoms. The van der Waals surface area contributed by atoms with E-state index < -0.39 is 0 Å². The SMILES string of the molecule is O=C(N[C@H]1CC2(C1)C[C@H](c1n[nH]c(=O)c3ccccc31)C2)c1cnc2[nH]cnc2c1. The minimum atomic E-state index is -0.141. The Morgan fingerprint density at radius 3 is 2.73 bits per heavy atom. The summed E-state index contributed by atoms with van der Waals surface area (Å²) in [4.78, 5) is 35.9. The maximum Gasteiger partial charge on any atom is 0.272 e. The molecule has 4 aromatic rings. The monoisotopic (exact) mass is 400 g/mol. The Labute approximate surface area is 171 Å². The first-order valence-corrected chi connectivity index (χ1v) is 10.2. The lowest BCUT2D eigenvalue weighted by molar-refractivity contribution is -0.0196. The number of rotatable bonds is 3.